The van der Waals surface area contributed by atoms with Gasteiger partial charge in [0.05, 0.1) is 29.6 Å². The number of aromatic nitrogens is 2. The molecule has 0 spiro atoms. The number of fused-ring (bicyclic) bond motifs is 1. The van der Waals surface area contributed by atoms with Gasteiger partial charge in [-0.25, -0.2) is 4.79 Å². The second kappa shape index (κ2) is 5.13. The number of aromatic carboxylic acids is 1. The molecule has 6 heteroatoms. The Bertz CT molecular complexity index is 810. The highest BCUT2D eigenvalue weighted by atomic mass is 16.4. The summed E-state index contributed by atoms with van der Waals surface area (Å²) in [4.78, 5) is 13.2. The van der Waals surface area contributed by atoms with Crippen LogP contribution in [0.5, 0.6) is 0 Å². The van der Waals surface area contributed by atoms with Crippen molar-refractivity contribution >= 4 is 11.7 Å². The van der Waals surface area contributed by atoms with Crippen molar-refractivity contribution in [2.75, 3.05) is 18.0 Å². The SMILES string of the molecule is N#Cc1cc(Cn2cc(C(=O)O)cn2)ccc1N1CC2CC2C1. The van der Waals surface area contributed by atoms with Gasteiger partial charge in [0.25, 0.3) is 0 Å². The van der Waals surface area contributed by atoms with Crippen molar-refractivity contribution in [1.29, 1.82) is 5.26 Å². The maximum absolute atomic E-state index is 10.9. The van der Waals surface area contributed by atoms with Crippen molar-refractivity contribution < 1.29 is 9.90 Å². The van der Waals surface area contributed by atoms with Crippen LogP contribution in [0.2, 0.25) is 0 Å². The summed E-state index contributed by atoms with van der Waals surface area (Å²) in [5, 5.41) is 22.4. The lowest BCUT2D eigenvalue weighted by Crippen LogP contribution is -2.22. The van der Waals surface area contributed by atoms with E-state index in [9.17, 15) is 10.1 Å². The monoisotopic (exact) mass is 308 g/mol. The minimum absolute atomic E-state index is 0.165. The first-order chi connectivity index (χ1) is 11.1. The van der Waals surface area contributed by atoms with Crippen LogP contribution in [-0.2, 0) is 6.54 Å². The molecule has 1 N–H and O–H groups in total. The van der Waals surface area contributed by atoms with E-state index in [1.165, 1.54) is 18.8 Å². The molecule has 6 nitrogen and oxygen atoms in total. The van der Waals surface area contributed by atoms with Crippen LogP contribution in [0.4, 0.5) is 5.69 Å². The van der Waals surface area contributed by atoms with E-state index in [1.807, 2.05) is 18.2 Å². The molecule has 116 valence electrons. The third-order valence-corrected chi connectivity index (χ3v) is 4.73. The van der Waals surface area contributed by atoms with Crippen molar-refractivity contribution in [3.63, 3.8) is 0 Å². The molecule has 1 aliphatic carbocycles. The number of anilines is 1. The van der Waals surface area contributed by atoms with Crippen molar-refractivity contribution in [3.8, 4) is 6.07 Å². The molecule has 0 bridgehead atoms. The van der Waals surface area contributed by atoms with Gasteiger partial charge in [0.1, 0.15) is 6.07 Å². The Morgan fingerprint density at radius 3 is 2.83 bits per heavy atom. The Morgan fingerprint density at radius 1 is 1.39 bits per heavy atom. The lowest BCUT2D eigenvalue weighted by molar-refractivity contribution is 0.0697. The summed E-state index contributed by atoms with van der Waals surface area (Å²) in [6, 6.07) is 8.15. The molecule has 2 atom stereocenters. The Labute approximate surface area is 133 Å². The average Bonchev–Trinajstić information content (AvgIpc) is 2.96. The number of benzene rings is 1. The standard InChI is InChI=1S/C17H16N4O2/c18-5-12-3-11(7-21-10-15(6-19-21)17(22)23)1-2-16(12)20-8-13-4-14(13)9-20/h1-3,6,10,13-14H,4,7-9H2,(H,22,23). The van der Waals surface area contributed by atoms with Gasteiger partial charge in [-0.05, 0) is 36.0 Å². The van der Waals surface area contributed by atoms with Gasteiger partial charge < -0.3 is 10.0 Å². The molecule has 4 rings (SSSR count). The van der Waals surface area contributed by atoms with Crippen LogP contribution in [0.15, 0.2) is 30.6 Å². The number of rotatable bonds is 4. The van der Waals surface area contributed by atoms with E-state index in [0.717, 1.165) is 36.2 Å². The number of piperidine rings is 1. The molecule has 1 aliphatic heterocycles. The molecular formula is C17H16N4O2. The number of hydrogen-bond donors (Lipinski definition) is 1. The fourth-order valence-corrected chi connectivity index (χ4v) is 3.39. The summed E-state index contributed by atoms with van der Waals surface area (Å²) in [7, 11) is 0. The van der Waals surface area contributed by atoms with Crippen molar-refractivity contribution in [3.05, 3.63) is 47.3 Å². The van der Waals surface area contributed by atoms with Gasteiger partial charge in [-0.3, -0.25) is 4.68 Å². The predicted molar refractivity (Wildman–Crippen MR) is 83.3 cm³/mol. The summed E-state index contributed by atoms with van der Waals surface area (Å²) in [6.07, 6.45) is 4.16. The van der Waals surface area contributed by atoms with E-state index in [-0.39, 0.29) is 5.56 Å². The maximum Gasteiger partial charge on any atom is 0.338 e. The predicted octanol–water partition coefficient (Wildman–Crippen LogP) is 1.96. The van der Waals surface area contributed by atoms with Crippen LogP contribution >= 0.6 is 0 Å². The lowest BCUT2D eigenvalue weighted by Gasteiger charge is -2.21. The molecule has 1 saturated carbocycles. The second-order valence-corrected chi connectivity index (χ2v) is 6.36. The van der Waals surface area contributed by atoms with Crippen molar-refractivity contribution in [2.24, 2.45) is 11.8 Å². The van der Waals surface area contributed by atoms with Gasteiger partial charge >= 0.3 is 5.97 Å². The molecule has 0 amide bonds. The molecule has 2 fully saturated rings. The zero-order valence-corrected chi connectivity index (χ0v) is 12.5. The fraction of sp³-hybridized carbons (Fsp3) is 0.353. The van der Waals surface area contributed by atoms with E-state index < -0.39 is 5.97 Å². The number of nitrogens with zero attached hydrogens (tertiary/aromatic N) is 4. The summed E-state index contributed by atoms with van der Waals surface area (Å²) < 4.78 is 1.57. The van der Waals surface area contributed by atoms with Gasteiger partial charge in [0, 0.05) is 19.3 Å². The molecular weight excluding hydrogens is 292 g/mol. The second-order valence-electron chi connectivity index (χ2n) is 6.36. The first-order valence-electron chi connectivity index (χ1n) is 7.68. The number of carboxylic acid groups (broad SMARTS) is 1. The normalized spacial score (nSPS) is 21.8. The van der Waals surface area contributed by atoms with E-state index in [4.69, 9.17) is 5.11 Å². The average molecular weight is 308 g/mol. The van der Waals surface area contributed by atoms with E-state index in [1.54, 1.807) is 4.68 Å². The van der Waals surface area contributed by atoms with Crippen LogP contribution in [-0.4, -0.2) is 33.9 Å². The topological polar surface area (TPSA) is 82.1 Å². The van der Waals surface area contributed by atoms with Crippen molar-refractivity contribution in [1.82, 2.24) is 9.78 Å². The lowest BCUT2D eigenvalue weighted by atomic mass is 10.1. The van der Waals surface area contributed by atoms with Crippen LogP contribution in [0.3, 0.4) is 0 Å². The fourth-order valence-electron chi connectivity index (χ4n) is 3.39. The first kappa shape index (κ1) is 13.8. The van der Waals surface area contributed by atoms with E-state index in [0.29, 0.717) is 12.1 Å². The van der Waals surface area contributed by atoms with Gasteiger partial charge in [0.2, 0.25) is 0 Å². The molecule has 2 aromatic rings. The Kier molecular flexibility index (Phi) is 3.08. The number of hydrogen-bond acceptors (Lipinski definition) is 4. The molecule has 2 heterocycles. The highest BCUT2D eigenvalue weighted by Gasteiger charge is 2.45. The number of carboxylic acids is 1. The highest BCUT2D eigenvalue weighted by Crippen LogP contribution is 2.46. The van der Waals surface area contributed by atoms with Crippen LogP contribution in [0.1, 0.15) is 27.9 Å². The Morgan fingerprint density at radius 2 is 2.17 bits per heavy atom. The van der Waals surface area contributed by atoms with Crippen molar-refractivity contribution in [2.45, 2.75) is 13.0 Å². The van der Waals surface area contributed by atoms with Crippen LogP contribution in [0.25, 0.3) is 0 Å². The Balaban J connectivity index is 1.55. The third kappa shape index (κ3) is 2.55. The smallest absolute Gasteiger partial charge is 0.338 e. The largest absolute Gasteiger partial charge is 0.478 e. The summed E-state index contributed by atoms with van der Waals surface area (Å²) in [5.74, 6) is 0.649. The number of nitriles is 1. The third-order valence-electron chi connectivity index (χ3n) is 4.73. The molecule has 1 aromatic heterocycles. The van der Waals surface area contributed by atoms with Gasteiger partial charge in [-0.15, -0.1) is 0 Å². The van der Waals surface area contributed by atoms with E-state index >= 15 is 0 Å². The van der Waals surface area contributed by atoms with Gasteiger partial charge in [-0.1, -0.05) is 6.07 Å². The molecule has 2 unspecified atom stereocenters. The highest BCUT2D eigenvalue weighted by molar-refractivity contribution is 5.86. The van der Waals surface area contributed by atoms with Gasteiger partial charge in [-0.2, -0.15) is 10.4 Å². The minimum Gasteiger partial charge on any atom is -0.478 e. The summed E-state index contributed by atoms with van der Waals surface area (Å²) in [5.41, 5.74) is 2.79. The molecule has 2 aliphatic rings. The van der Waals surface area contributed by atoms with Crippen LogP contribution < -0.4 is 4.90 Å². The zero-order chi connectivity index (χ0) is 16.0. The van der Waals surface area contributed by atoms with Gasteiger partial charge in [0.15, 0.2) is 0 Å². The zero-order valence-electron chi connectivity index (χ0n) is 12.5. The first-order valence-corrected chi connectivity index (χ1v) is 7.68. The van der Waals surface area contributed by atoms with Crippen LogP contribution in [0, 0.1) is 23.2 Å². The maximum atomic E-state index is 10.9. The number of carbonyl (C=O) groups is 1. The molecule has 1 saturated heterocycles. The summed E-state index contributed by atoms with van der Waals surface area (Å²) in [6.45, 7) is 2.56. The quantitative estimate of drug-likeness (QED) is 0.933. The Hall–Kier alpha value is -2.81. The molecule has 23 heavy (non-hydrogen) atoms. The summed E-state index contributed by atoms with van der Waals surface area (Å²) >= 11 is 0. The minimum atomic E-state index is -0.989. The molecule has 0 radical (unpaired) electrons. The van der Waals surface area contributed by atoms with E-state index in [2.05, 4.69) is 16.1 Å². The molecule has 1 aromatic carbocycles.